The van der Waals surface area contributed by atoms with Crippen molar-refractivity contribution in [2.75, 3.05) is 13.7 Å². The van der Waals surface area contributed by atoms with Crippen molar-refractivity contribution in [1.29, 1.82) is 0 Å². The predicted molar refractivity (Wildman–Crippen MR) is 108 cm³/mol. The fourth-order valence-electron chi connectivity index (χ4n) is 3.11. The molecule has 26 heavy (non-hydrogen) atoms. The van der Waals surface area contributed by atoms with Crippen LogP contribution in [0.1, 0.15) is 20.8 Å². The van der Waals surface area contributed by atoms with E-state index < -0.39 is 6.10 Å². The van der Waals surface area contributed by atoms with Crippen LogP contribution < -0.4 is 10.1 Å². The van der Waals surface area contributed by atoms with Crippen LogP contribution in [0, 0.1) is 0 Å². The Morgan fingerprint density at radius 2 is 1.77 bits per heavy atom. The summed E-state index contributed by atoms with van der Waals surface area (Å²) in [4.78, 5) is 0. The summed E-state index contributed by atoms with van der Waals surface area (Å²) in [5, 5.41) is 15.1. The third kappa shape index (κ3) is 4.26. The predicted octanol–water partition coefficient (Wildman–Crippen LogP) is 4.07. The van der Waals surface area contributed by atoms with Crippen LogP contribution in [0.25, 0.3) is 22.2 Å². The molecule has 1 atom stereocenters. The second-order valence-electron chi connectivity index (χ2n) is 7.71. The van der Waals surface area contributed by atoms with Gasteiger partial charge in [0.15, 0.2) is 0 Å². The minimum absolute atomic E-state index is 0.0153. The molecule has 1 aromatic heterocycles. The van der Waals surface area contributed by atoms with Crippen LogP contribution >= 0.6 is 0 Å². The number of aromatic nitrogens is 1. The molecule has 0 saturated heterocycles. The molecule has 2 N–H and O–H groups in total. The second-order valence-corrected chi connectivity index (χ2v) is 7.71. The number of ether oxygens (including phenoxy) is 1. The van der Waals surface area contributed by atoms with Crippen molar-refractivity contribution in [3.05, 3.63) is 54.6 Å². The van der Waals surface area contributed by atoms with Crippen molar-refractivity contribution >= 4 is 10.9 Å². The van der Waals surface area contributed by atoms with E-state index in [4.69, 9.17) is 4.74 Å². The van der Waals surface area contributed by atoms with Gasteiger partial charge in [0.2, 0.25) is 0 Å². The average Bonchev–Trinajstić information content (AvgIpc) is 2.98. The van der Waals surface area contributed by atoms with E-state index in [9.17, 15) is 5.11 Å². The van der Waals surface area contributed by atoms with Gasteiger partial charge in [0.25, 0.3) is 0 Å². The molecule has 0 unspecified atom stereocenters. The Balaban J connectivity index is 1.94. The van der Waals surface area contributed by atoms with Gasteiger partial charge in [0.1, 0.15) is 5.75 Å². The van der Waals surface area contributed by atoms with Crippen LogP contribution in [0.3, 0.4) is 0 Å². The third-order valence-corrected chi connectivity index (χ3v) is 4.46. The quantitative estimate of drug-likeness (QED) is 0.703. The Morgan fingerprint density at radius 1 is 1.08 bits per heavy atom. The van der Waals surface area contributed by atoms with E-state index in [0.717, 1.165) is 22.5 Å². The number of aliphatic hydroxyl groups is 1. The summed E-state index contributed by atoms with van der Waals surface area (Å²) in [5.74, 6) is 0.839. The van der Waals surface area contributed by atoms with Gasteiger partial charge >= 0.3 is 0 Å². The fourth-order valence-corrected chi connectivity index (χ4v) is 3.11. The summed E-state index contributed by atoms with van der Waals surface area (Å²) in [6, 6.07) is 18.5. The van der Waals surface area contributed by atoms with Crippen molar-refractivity contribution in [3.63, 3.8) is 0 Å². The van der Waals surface area contributed by atoms with Gasteiger partial charge in [-0.1, -0.05) is 18.2 Å². The molecule has 0 amide bonds. The molecule has 0 saturated carbocycles. The molecule has 4 nitrogen and oxygen atoms in total. The minimum atomic E-state index is -0.470. The van der Waals surface area contributed by atoms with Crippen molar-refractivity contribution in [1.82, 2.24) is 9.88 Å². The highest BCUT2D eigenvalue weighted by Gasteiger charge is 2.16. The maximum Gasteiger partial charge on any atom is 0.118 e. The summed E-state index contributed by atoms with van der Waals surface area (Å²) in [6.07, 6.45) is -0.470. The van der Waals surface area contributed by atoms with Crippen LogP contribution in [0.15, 0.2) is 54.6 Å². The number of rotatable bonds is 6. The number of benzene rings is 2. The first-order valence-corrected chi connectivity index (χ1v) is 9.03. The smallest absolute Gasteiger partial charge is 0.118 e. The van der Waals surface area contributed by atoms with Gasteiger partial charge in [-0.15, -0.1) is 0 Å². The zero-order chi connectivity index (χ0) is 18.7. The number of β-amino-alcohol motifs (C(OH)–C–C–N with tert-alkyl or cyclic N) is 1. The topological polar surface area (TPSA) is 46.4 Å². The van der Waals surface area contributed by atoms with Gasteiger partial charge in [-0.25, -0.2) is 0 Å². The Hall–Kier alpha value is -2.30. The van der Waals surface area contributed by atoms with Crippen LogP contribution in [0.2, 0.25) is 0 Å². The highest BCUT2D eigenvalue weighted by atomic mass is 16.5. The van der Waals surface area contributed by atoms with Crippen LogP contribution in [0.5, 0.6) is 5.75 Å². The summed E-state index contributed by atoms with van der Waals surface area (Å²) in [7, 11) is 1.67. The number of para-hydroxylation sites is 1. The SMILES string of the molecule is COc1ccc(-c2cc3ccccc3n2C[C@@H](O)CNC(C)(C)C)cc1. The first-order chi connectivity index (χ1) is 12.4. The Morgan fingerprint density at radius 3 is 2.42 bits per heavy atom. The summed E-state index contributed by atoms with van der Waals surface area (Å²) in [6.45, 7) is 7.41. The molecule has 138 valence electrons. The molecule has 0 aliphatic heterocycles. The van der Waals surface area contributed by atoms with Crippen molar-refractivity contribution in [2.45, 2.75) is 39.0 Å². The number of hydrogen-bond acceptors (Lipinski definition) is 3. The molecule has 4 heteroatoms. The number of fused-ring (bicyclic) bond motifs is 1. The first kappa shape index (κ1) is 18.5. The molecule has 0 fully saturated rings. The lowest BCUT2D eigenvalue weighted by Crippen LogP contribution is -2.42. The first-order valence-electron chi connectivity index (χ1n) is 9.03. The number of methoxy groups -OCH3 is 1. The van der Waals surface area contributed by atoms with E-state index >= 15 is 0 Å². The third-order valence-electron chi connectivity index (χ3n) is 4.46. The van der Waals surface area contributed by atoms with Crippen LogP contribution in [0.4, 0.5) is 0 Å². The fraction of sp³-hybridized carbons (Fsp3) is 0.364. The van der Waals surface area contributed by atoms with E-state index in [0.29, 0.717) is 13.1 Å². The van der Waals surface area contributed by atoms with Gasteiger partial charge in [0, 0.05) is 28.7 Å². The largest absolute Gasteiger partial charge is 0.497 e. The van der Waals surface area contributed by atoms with Gasteiger partial charge in [0.05, 0.1) is 19.8 Å². The Labute approximate surface area is 155 Å². The minimum Gasteiger partial charge on any atom is -0.497 e. The molecule has 1 heterocycles. The number of aliphatic hydroxyl groups excluding tert-OH is 1. The lowest BCUT2D eigenvalue weighted by atomic mass is 10.1. The Kier molecular flexibility index (Phi) is 5.35. The highest BCUT2D eigenvalue weighted by molar-refractivity contribution is 5.87. The van der Waals surface area contributed by atoms with Gasteiger partial charge < -0.3 is 19.7 Å². The molecule has 2 aromatic carbocycles. The normalized spacial score (nSPS) is 13.1. The summed E-state index contributed by atoms with van der Waals surface area (Å²) >= 11 is 0. The molecule has 0 spiro atoms. The Bertz CT molecular complexity index is 860. The van der Waals surface area contributed by atoms with E-state index in [1.807, 2.05) is 24.3 Å². The summed E-state index contributed by atoms with van der Waals surface area (Å²) in [5.41, 5.74) is 3.33. The second kappa shape index (κ2) is 7.52. The lowest BCUT2D eigenvalue weighted by molar-refractivity contribution is 0.144. The van der Waals surface area contributed by atoms with Crippen LogP contribution in [-0.4, -0.2) is 35.0 Å². The zero-order valence-electron chi connectivity index (χ0n) is 16.0. The summed E-state index contributed by atoms with van der Waals surface area (Å²) < 4.78 is 7.47. The molecule has 0 bridgehead atoms. The molecule has 3 rings (SSSR count). The number of nitrogens with zero attached hydrogens (tertiary/aromatic N) is 1. The number of hydrogen-bond donors (Lipinski definition) is 2. The zero-order valence-corrected chi connectivity index (χ0v) is 16.0. The van der Waals surface area contributed by atoms with Gasteiger partial charge in [-0.3, -0.25) is 0 Å². The van der Waals surface area contributed by atoms with E-state index in [1.165, 1.54) is 5.39 Å². The number of nitrogens with one attached hydrogen (secondary N) is 1. The molecule has 0 aliphatic rings. The monoisotopic (exact) mass is 352 g/mol. The maximum atomic E-state index is 10.6. The lowest BCUT2D eigenvalue weighted by Gasteiger charge is -2.24. The van der Waals surface area contributed by atoms with Gasteiger partial charge in [-0.05, 0) is 62.7 Å². The molecule has 0 radical (unpaired) electrons. The van der Waals surface area contributed by atoms with E-state index in [-0.39, 0.29) is 5.54 Å². The van der Waals surface area contributed by atoms with E-state index in [2.05, 4.69) is 61.0 Å². The van der Waals surface area contributed by atoms with E-state index in [1.54, 1.807) is 7.11 Å². The highest BCUT2D eigenvalue weighted by Crippen LogP contribution is 2.29. The molecule has 0 aliphatic carbocycles. The van der Waals surface area contributed by atoms with Crippen molar-refractivity contribution < 1.29 is 9.84 Å². The molecular formula is C22H28N2O2. The molecular weight excluding hydrogens is 324 g/mol. The average molecular weight is 352 g/mol. The maximum absolute atomic E-state index is 10.6. The van der Waals surface area contributed by atoms with Gasteiger partial charge in [-0.2, -0.15) is 0 Å². The van der Waals surface area contributed by atoms with Crippen molar-refractivity contribution in [3.8, 4) is 17.0 Å². The standard InChI is InChI=1S/C22H28N2O2/c1-22(2,3)23-14-18(25)15-24-20-8-6-5-7-17(20)13-21(24)16-9-11-19(26-4)12-10-16/h5-13,18,23,25H,14-15H2,1-4H3/t18-/m0/s1. The van der Waals surface area contributed by atoms with Crippen molar-refractivity contribution in [2.24, 2.45) is 0 Å². The van der Waals surface area contributed by atoms with Crippen LogP contribution in [-0.2, 0) is 6.54 Å². The molecule has 3 aromatic rings.